The second-order valence-corrected chi connectivity index (χ2v) is 10.6. The van der Waals surface area contributed by atoms with E-state index in [0.717, 1.165) is 68.1 Å². The number of aromatic nitrogens is 2. The standard InChI is InChI=1S/C29H33N5O3/c1-32-26-17-23(33-19-29(20-33)12-15-37-16-13-29)9-7-22(26)8-10-25(28(32)36)30-27(35)24-11-14-34(31-24)18-21-5-3-2-4-6-21/h2-7,9,11,14,17,25H,8,10,12-13,15-16,18-20H2,1H3,(H,30,35). The highest BCUT2D eigenvalue weighted by molar-refractivity contribution is 6.02. The van der Waals surface area contributed by atoms with Gasteiger partial charge in [0, 0.05) is 56.3 Å². The largest absolute Gasteiger partial charge is 0.381 e. The molecular formula is C29H33N5O3. The smallest absolute Gasteiger partial charge is 0.272 e. The lowest BCUT2D eigenvalue weighted by atomic mass is 9.73. The molecule has 2 fully saturated rings. The van der Waals surface area contributed by atoms with Crippen LogP contribution in [0.1, 0.15) is 40.9 Å². The van der Waals surface area contributed by atoms with E-state index in [-0.39, 0.29) is 11.8 Å². The predicted octanol–water partition coefficient (Wildman–Crippen LogP) is 3.26. The van der Waals surface area contributed by atoms with Crippen molar-refractivity contribution in [3.8, 4) is 0 Å². The third kappa shape index (κ3) is 4.73. The van der Waals surface area contributed by atoms with Gasteiger partial charge in [0.15, 0.2) is 0 Å². The number of carbonyl (C=O) groups excluding carboxylic acids is 2. The van der Waals surface area contributed by atoms with Crippen molar-refractivity contribution < 1.29 is 14.3 Å². The van der Waals surface area contributed by atoms with E-state index in [1.165, 1.54) is 0 Å². The van der Waals surface area contributed by atoms with Crippen LogP contribution in [0, 0.1) is 5.41 Å². The molecule has 6 rings (SSSR count). The summed E-state index contributed by atoms with van der Waals surface area (Å²) in [6.45, 7) is 4.39. The first-order valence-electron chi connectivity index (χ1n) is 13.1. The fraction of sp³-hybridized carbons (Fsp3) is 0.414. The number of likely N-dealkylation sites (N-methyl/N-ethyl adjacent to an activating group) is 1. The van der Waals surface area contributed by atoms with Crippen molar-refractivity contribution in [1.82, 2.24) is 15.1 Å². The van der Waals surface area contributed by atoms with E-state index < -0.39 is 6.04 Å². The van der Waals surface area contributed by atoms with Gasteiger partial charge in [-0.25, -0.2) is 0 Å². The maximum atomic E-state index is 13.4. The van der Waals surface area contributed by atoms with Crippen molar-refractivity contribution in [2.24, 2.45) is 5.41 Å². The van der Waals surface area contributed by atoms with E-state index in [9.17, 15) is 9.59 Å². The van der Waals surface area contributed by atoms with Crippen LogP contribution in [0.25, 0.3) is 0 Å². The number of hydrogen-bond donors (Lipinski definition) is 1. The van der Waals surface area contributed by atoms with Gasteiger partial charge >= 0.3 is 0 Å². The number of anilines is 2. The normalized spacial score (nSPS) is 20.8. The first-order chi connectivity index (χ1) is 18.0. The second-order valence-electron chi connectivity index (χ2n) is 10.6. The number of aryl methyl sites for hydroxylation is 1. The lowest BCUT2D eigenvalue weighted by Crippen LogP contribution is -2.58. The Hall–Kier alpha value is -3.65. The van der Waals surface area contributed by atoms with Crippen molar-refractivity contribution in [3.05, 3.63) is 77.6 Å². The topological polar surface area (TPSA) is 79.7 Å². The molecule has 1 unspecified atom stereocenters. The van der Waals surface area contributed by atoms with Crippen molar-refractivity contribution in [2.75, 3.05) is 43.2 Å². The molecule has 0 saturated carbocycles. The van der Waals surface area contributed by atoms with E-state index in [0.29, 0.717) is 24.1 Å². The molecular weight excluding hydrogens is 466 g/mol. The van der Waals surface area contributed by atoms with Gasteiger partial charge in [0.25, 0.3) is 5.91 Å². The van der Waals surface area contributed by atoms with Crippen molar-refractivity contribution >= 4 is 23.2 Å². The molecule has 4 heterocycles. The van der Waals surface area contributed by atoms with Crippen LogP contribution in [0.15, 0.2) is 60.8 Å². The Labute approximate surface area is 217 Å². The number of amides is 2. The first-order valence-corrected chi connectivity index (χ1v) is 13.1. The Bertz CT molecular complexity index is 1290. The Morgan fingerprint density at radius 2 is 1.89 bits per heavy atom. The van der Waals surface area contributed by atoms with Crippen LogP contribution in [0.5, 0.6) is 0 Å². The van der Waals surface area contributed by atoms with Crippen LogP contribution in [0.3, 0.4) is 0 Å². The number of ether oxygens (including phenoxy) is 1. The zero-order valence-electron chi connectivity index (χ0n) is 21.2. The zero-order chi connectivity index (χ0) is 25.4. The molecule has 1 spiro atoms. The quantitative estimate of drug-likeness (QED) is 0.583. The van der Waals surface area contributed by atoms with Crippen LogP contribution in [-0.4, -0.2) is 61.0 Å². The van der Waals surface area contributed by atoms with Gasteiger partial charge in [-0.15, -0.1) is 0 Å². The predicted molar refractivity (Wildman–Crippen MR) is 142 cm³/mol. The summed E-state index contributed by atoms with van der Waals surface area (Å²) in [4.78, 5) is 30.5. The molecule has 8 nitrogen and oxygen atoms in total. The summed E-state index contributed by atoms with van der Waals surface area (Å²) in [6.07, 6.45) is 5.32. The average Bonchev–Trinajstić information content (AvgIpc) is 3.34. The number of rotatable bonds is 5. The molecule has 0 radical (unpaired) electrons. The minimum Gasteiger partial charge on any atom is -0.381 e. The Balaban J connectivity index is 1.11. The van der Waals surface area contributed by atoms with Gasteiger partial charge in [-0.1, -0.05) is 36.4 Å². The van der Waals surface area contributed by atoms with Crippen LogP contribution in [0.4, 0.5) is 11.4 Å². The van der Waals surface area contributed by atoms with Crippen LogP contribution in [0.2, 0.25) is 0 Å². The summed E-state index contributed by atoms with van der Waals surface area (Å²) in [5.74, 6) is -0.426. The van der Waals surface area contributed by atoms with Crippen LogP contribution < -0.4 is 15.1 Å². The van der Waals surface area contributed by atoms with Gasteiger partial charge in [0.2, 0.25) is 5.91 Å². The highest BCUT2D eigenvalue weighted by atomic mass is 16.5. The summed E-state index contributed by atoms with van der Waals surface area (Å²) >= 11 is 0. The second kappa shape index (κ2) is 9.67. The Morgan fingerprint density at radius 1 is 1.11 bits per heavy atom. The zero-order valence-corrected chi connectivity index (χ0v) is 21.2. The van der Waals surface area contributed by atoms with Gasteiger partial charge in [0.05, 0.1) is 6.54 Å². The third-order valence-electron chi connectivity index (χ3n) is 8.10. The van der Waals surface area contributed by atoms with E-state index in [1.54, 1.807) is 28.9 Å². The molecule has 3 aromatic rings. The number of hydrogen-bond acceptors (Lipinski definition) is 5. The summed E-state index contributed by atoms with van der Waals surface area (Å²) in [6, 6.07) is 17.5. The summed E-state index contributed by atoms with van der Waals surface area (Å²) in [5, 5.41) is 7.36. The SMILES string of the molecule is CN1C(=O)C(NC(=O)c2ccn(Cc3ccccc3)n2)CCc2ccc(N3CC4(CCOCC4)C3)cc21. The van der Waals surface area contributed by atoms with Gasteiger partial charge < -0.3 is 19.9 Å². The lowest BCUT2D eigenvalue weighted by molar-refractivity contribution is -0.120. The molecule has 1 aromatic heterocycles. The van der Waals surface area contributed by atoms with Crippen LogP contribution in [-0.2, 0) is 22.5 Å². The molecule has 2 amide bonds. The number of nitrogens with zero attached hydrogens (tertiary/aromatic N) is 4. The van der Waals surface area contributed by atoms with Crippen molar-refractivity contribution in [3.63, 3.8) is 0 Å². The number of fused-ring (bicyclic) bond motifs is 1. The Morgan fingerprint density at radius 3 is 2.68 bits per heavy atom. The first kappa shape index (κ1) is 23.7. The molecule has 2 saturated heterocycles. The third-order valence-corrected chi connectivity index (χ3v) is 8.10. The molecule has 2 aromatic carbocycles. The van der Waals surface area contributed by atoms with Crippen molar-refractivity contribution in [2.45, 2.75) is 38.3 Å². The van der Waals surface area contributed by atoms with Gasteiger partial charge in [-0.3, -0.25) is 14.3 Å². The molecule has 37 heavy (non-hydrogen) atoms. The summed E-state index contributed by atoms with van der Waals surface area (Å²) < 4.78 is 7.29. The van der Waals surface area contributed by atoms with E-state index in [4.69, 9.17) is 4.74 Å². The molecule has 3 aliphatic rings. The Kier molecular flexibility index (Phi) is 6.20. The van der Waals surface area contributed by atoms with Gasteiger partial charge in [-0.2, -0.15) is 5.10 Å². The van der Waals surface area contributed by atoms with Gasteiger partial charge in [0.1, 0.15) is 11.7 Å². The van der Waals surface area contributed by atoms with E-state index in [2.05, 4.69) is 33.5 Å². The maximum absolute atomic E-state index is 13.4. The lowest BCUT2D eigenvalue weighted by Gasteiger charge is -2.53. The summed E-state index contributed by atoms with van der Waals surface area (Å²) in [7, 11) is 1.81. The molecule has 1 N–H and O–H groups in total. The van der Waals surface area contributed by atoms with Crippen LogP contribution >= 0.6 is 0 Å². The van der Waals surface area contributed by atoms with Gasteiger partial charge in [-0.05, 0) is 55.0 Å². The van der Waals surface area contributed by atoms with Crippen molar-refractivity contribution in [1.29, 1.82) is 0 Å². The minimum absolute atomic E-state index is 0.0996. The summed E-state index contributed by atoms with van der Waals surface area (Å²) in [5.41, 5.74) is 5.02. The molecule has 192 valence electrons. The molecule has 3 aliphatic heterocycles. The number of benzene rings is 2. The minimum atomic E-state index is -0.595. The average molecular weight is 500 g/mol. The monoisotopic (exact) mass is 499 g/mol. The fourth-order valence-electron chi connectivity index (χ4n) is 5.82. The highest BCUT2D eigenvalue weighted by Gasteiger charge is 2.44. The molecule has 0 bridgehead atoms. The maximum Gasteiger partial charge on any atom is 0.272 e. The highest BCUT2D eigenvalue weighted by Crippen LogP contribution is 2.43. The molecule has 8 heteroatoms. The van der Waals surface area contributed by atoms with E-state index >= 15 is 0 Å². The number of nitrogens with one attached hydrogen (secondary N) is 1. The molecule has 1 atom stereocenters. The number of carbonyl (C=O) groups is 2. The fourth-order valence-corrected chi connectivity index (χ4v) is 5.82. The molecule has 0 aliphatic carbocycles. The van der Waals surface area contributed by atoms with E-state index in [1.807, 2.05) is 30.3 Å².